The lowest BCUT2D eigenvalue weighted by Gasteiger charge is -2.13. The fraction of sp³-hybridized carbons (Fsp3) is 0.222. The molecule has 0 unspecified atom stereocenters. The Morgan fingerprint density at radius 2 is 1.91 bits per heavy atom. The summed E-state index contributed by atoms with van der Waals surface area (Å²) in [6.07, 6.45) is 2.84. The van der Waals surface area contributed by atoms with Crippen LogP contribution >= 0.6 is 11.6 Å². The molecule has 2 aromatic rings. The third-order valence-electron chi connectivity index (χ3n) is 3.76. The van der Waals surface area contributed by atoms with Crippen molar-refractivity contribution in [2.75, 3.05) is 5.32 Å². The van der Waals surface area contributed by atoms with Gasteiger partial charge in [0.05, 0.1) is 11.4 Å². The van der Waals surface area contributed by atoms with E-state index in [0.29, 0.717) is 34.3 Å². The molecule has 0 heterocycles. The van der Waals surface area contributed by atoms with Crippen LogP contribution < -0.4 is 5.32 Å². The molecule has 0 spiro atoms. The maximum atomic E-state index is 12.0. The first-order valence-electron chi connectivity index (χ1n) is 7.37. The molecule has 2 N–H and O–H groups in total. The Balaban J connectivity index is 1.87. The van der Waals surface area contributed by atoms with Gasteiger partial charge in [0.1, 0.15) is 0 Å². The smallest absolute Gasteiger partial charge is 0.224 e. The number of halogens is 1. The molecule has 0 radical (unpaired) electrons. The predicted molar refractivity (Wildman–Crippen MR) is 89.8 cm³/mol. The highest BCUT2D eigenvalue weighted by atomic mass is 35.5. The Bertz CT molecular complexity index is 708. The minimum absolute atomic E-state index is 0.00642. The lowest BCUT2D eigenvalue weighted by molar-refractivity contribution is -0.116. The number of carbonyl (C=O) groups excluding carboxylic acids is 1. The van der Waals surface area contributed by atoms with Crippen LogP contribution in [0.25, 0.3) is 0 Å². The average Bonchev–Trinajstić information content (AvgIpc) is 3.33. The molecule has 1 aliphatic rings. The van der Waals surface area contributed by atoms with E-state index >= 15 is 0 Å². The van der Waals surface area contributed by atoms with Gasteiger partial charge < -0.3 is 5.32 Å². The van der Waals surface area contributed by atoms with Crippen molar-refractivity contribution in [2.45, 2.75) is 19.3 Å². The fourth-order valence-corrected chi connectivity index (χ4v) is 2.55. The molecule has 1 fully saturated rings. The molecule has 0 aromatic heterocycles. The number of hydrogen-bond acceptors (Lipinski definition) is 2. The zero-order valence-electron chi connectivity index (χ0n) is 12.1. The molecule has 3 rings (SSSR count). The summed E-state index contributed by atoms with van der Waals surface area (Å²) in [6, 6.07) is 14.7. The number of rotatable bonds is 5. The van der Waals surface area contributed by atoms with E-state index in [1.54, 1.807) is 18.2 Å². The minimum Gasteiger partial charge on any atom is -0.325 e. The summed E-state index contributed by atoms with van der Waals surface area (Å²) in [5.41, 5.74) is 2.43. The number of benzene rings is 2. The zero-order chi connectivity index (χ0) is 15.5. The third kappa shape index (κ3) is 3.55. The van der Waals surface area contributed by atoms with Crippen molar-refractivity contribution in [3.05, 3.63) is 64.7 Å². The van der Waals surface area contributed by atoms with Gasteiger partial charge in [-0.2, -0.15) is 0 Å². The lowest BCUT2D eigenvalue weighted by Crippen LogP contribution is -2.15. The van der Waals surface area contributed by atoms with Gasteiger partial charge in [-0.1, -0.05) is 41.9 Å². The molecule has 0 bridgehead atoms. The summed E-state index contributed by atoms with van der Waals surface area (Å²) in [5.74, 6) is 0.538. The van der Waals surface area contributed by atoms with Crippen LogP contribution in [0, 0.1) is 11.3 Å². The Kier molecular flexibility index (Phi) is 4.25. The molecule has 2 aromatic carbocycles. The SMILES string of the molecule is N=C(c1ccccc1)c1cc(Cl)ccc1NC(=O)CC1CC1. The van der Waals surface area contributed by atoms with Gasteiger partial charge in [-0.3, -0.25) is 10.2 Å². The third-order valence-corrected chi connectivity index (χ3v) is 3.99. The number of nitrogens with one attached hydrogen (secondary N) is 2. The second-order valence-electron chi connectivity index (χ2n) is 5.63. The number of carbonyl (C=O) groups is 1. The van der Waals surface area contributed by atoms with Gasteiger partial charge in [0.2, 0.25) is 5.91 Å². The van der Waals surface area contributed by atoms with E-state index in [-0.39, 0.29) is 5.91 Å². The molecule has 0 atom stereocenters. The normalized spacial score (nSPS) is 13.7. The zero-order valence-corrected chi connectivity index (χ0v) is 12.9. The van der Waals surface area contributed by atoms with Crippen molar-refractivity contribution in [2.24, 2.45) is 5.92 Å². The highest BCUT2D eigenvalue weighted by Gasteiger charge is 2.24. The summed E-state index contributed by atoms with van der Waals surface area (Å²) in [4.78, 5) is 12.0. The van der Waals surface area contributed by atoms with E-state index in [4.69, 9.17) is 17.0 Å². The van der Waals surface area contributed by atoms with Gasteiger partial charge in [-0.15, -0.1) is 0 Å². The van der Waals surface area contributed by atoms with Crippen LogP contribution in [-0.2, 0) is 4.79 Å². The summed E-state index contributed by atoms with van der Waals surface area (Å²) in [6.45, 7) is 0. The summed E-state index contributed by atoms with van der Waals surface area (Å²) in [7, 11) is 0. The number of anilines is 1. The molecule has 0 saturated heterocycles. The molecular formula is C18H17ClN2O. The summed E-state index contributed by atoms with van der Waals surface area (Å²) >= 11 is 6.07. The summed E-state index contributed by atoms with van der Waals surface area (Å²) < 4.78 is 0. The van der Waals surface area contributed by atoms with Gasteiger partial charge >= 0.3 is 0 Å². The molecule has 1 aliphatic carbocycles. The van der Waals surface area contributed by atoms with Crippen LogP contribution in [0.3, 0.4) is 0 Å². The maximum Gasteiger partial charge on any atom is 0.224 e. The van der Waals surface area contributed by atoms with Crippen LogP contribution in [0.5, 0.6) is 0 Å². The first-order chi connectivity index (χ1) is 10.6. The second-order valence-corrected chi connectivity index (χ2v) is 6.06. The van der Waals surface area contributed by atoms with E-state index in [1.807, 2.05) is 30.3 Å². The van der Waals surface area contributed by atoms with Crippen LogP contribution in [0.1, 0.15) is 30.4 Å². The van der Waals surface area contributed by atoms with Crippen molar-refractivity contribution in [1.82, 2.24) is 0 Å². The van der Waals surface area contributed by atoms with E-state index in [9.17, 15) is 4.79 Å². The first-order valence-corrected chi connectivity index (χ1v) is 7.75. The highest BCUT2D eigenvalue weighted by molar-refractivity contribution is 6.31. The molecule has 1 saturated carbocycles. The van der Waals surface area contributed by atoms with Crippen molar-refractivity contribution in [3.63, 3.8) is 0 Å². The second kappa shape index (κ2) is 6.32. The molecular weight excluding hydrogens is 296 g/mol. The lowest BCUT2D eigenvalue weighted by atomic mass is 10.0. The Labute approximate surface area is 134 Å². The average molecular weight is 313 g/mol. The largest absolute Gasteiger partial charge is 0.325 e. The molecule has 112 valence electrons. The predicted octanol–water partition coefficient (Wildman–Crippen LogP) is 4.49. The molecule has 3 nitrogen and oxygen atoms in total. The molecule has 0 aliphatic heterocycles. The van der Waals surface area contributed by atoms with Crippen molar-refractivity contribution in [3.8, 4) is 0 Å². The van der Waals surface area contributed by atoms with Crippen LogP contribution in [0.4, 0.5) is 5.69 Å². The quantitative estimate of drug-likeness (QED) is 0.785. The van der Waals surface area contributed by atoms with E-state index in [0.717, 1.165) is 18.4 Å². The maximum absolute atomic E-state index is 12.0. The van der Waals surface area contributed by atoms with Gasteiger partial charge in [0.25, 0.3) is 0 Å². The fourth-order valence-electron chi connectivity index (χ4n) is 2.38. The van der Waals surface area contributed by atoms with E-state index in [1.165, 1.54) is 0 Å². The van der Waals surface area contributed by atoms with E-state index in [2.05, 4.69) is 5.32 Å². The Hall–Kier alpha value is -2.13. The highest BCUT2D eigenvalue weighted by Crippen LogP contribution is 2.33. The van der Waals surface area contributed by atoms with Crippen molar-refractivity contribution in [1.29, 1.82) is 5.41 Å². The standard InChI is InChI=1S/C18H17ClN2O/c19-14-8-9-16(21-17(22)10-12-6-7-12)15(11-14)18(20)13-4-2-1-3-5-13/h1-5,8-9,11-12,20H,6-7,10H2,(H,21,22). The van der Waals surface area contributed by atoms with Gasteiger partial charge in [-0.25, -0.2) is 0 Å². The molecule has 22 heavy (non-hydrogen) atoms. The van der Waals surface area contributed by atoms with Crippen molar-refractivity contribution < 1.29 is 4.79 Å². The Morgan fingerprint density at radius 3 is 2.59 bits per heavy atom. The number of hydrogen-bond donors (Lipinski definition) is 2. The van der Waals surface area contributed by atoms with Crippen LogP contribution in [0.15, 0.2) is 48.5 Å². The summed E-state index contributed by atoms with van der Waals surface area (Å²) in [5, 5.41) is 11.9. The first kappa shape index (κ1) is 14.8. The van der Waals surface area contributed by atoms with E-state index < -0.39 is 0 Å². The minimum atomic E-state index is 0.00642. The molecule has 1 amide bonds. The van der Waals surface area contributed by atoms with Gasteiger partial charge in [0.15, 0.2) is 0 Å². The molecule has 4 heteroatoms. The van der Waals surface area contributed by atoms with Crippen molar-refractivity contribution >= 4 is 28.9 Å². The number of amides is 1. The van der Waals surface area contributed by atoms with Crippen LogP contribution in [-0.4, -0.2) is 11.6 Å². The Morgan fingerprint density at radius 1 is 1.18 bits per heavy atom. The van der Waals surface area contributed by atoms with Crippen LogP contribution in [0.2, 0.25) is 5.02 Å². The van der Waals surface area contributed by atoms with Gasteiger partial charge in [0, 0.05) is 22.6 Å². The topological polar surface area (TPSA) is 53.0 Å². The van der Waals surface area contributed by atoms with Gasteiger partial charge in [-0.05, 0) is 37.0 Å². The monoisotopic (exact) mass is 312 g/mol.